The molecule has 4 rings (SSSR count). The summed E-state index contributed by atoms with van der Waals surface area (Å²) in [6.45, 7) is 6.94. The lowest BCUT2D eigenvalue weighted by molar-refractivity contribution is -0.137. The first-order chi connectivity index (χ1) is 21.7. The minimum absolute atomic E-state index is 0.164. The van der Waals surface area contributed by atoms with Crippen LogP contribution >= 0.6 is 11.3 Å². The van der Waals surface area contributed by atoms with E-state index < -0.39 is 17.6 Å². The van der Waals surface area contributed by atoms with Crippen LogP contribution in [0.5, 0.6) is 0 Å². The number of aryl methyl sites for hydroxylation is 3. The number of nitrogens with one attached hydrogen (secondary N) is 1. The molecule has 0 saturated heterocycles. The Morgan fingerprint density at radius 1 is 0.844 bits per heavy atom. The summed E-state index contributed by atoms with van der Waals surface area (Å²) in [7, 11) is 0. The smallest absolute Gasteiger partial charge is 0.312 e. The van der Waals surface area contributed by atoms with E-state index >= 15 is 0 Å². The number of unbranched alkanes of at least 4 members (excludes halogenated alkanes) is 2. The fraction of sp³-hybridized carbons (Fsp3) is 0.371. The van der Waals surface area contributed by atoms with E-state index in [1.54, 1.807) is 24.3 Å². The summed E-state index contributed by atoms with van der Waals surface area (Å²) in [5, 5.41) is 12.3. The van der Waals surface area contributed by atoms with E-state index in [0.29, 0.717) is 41.2 Å². The molecule has 1 N–H and O–H groups in total. The van der Waals surface area contributed by atoms with Gasteiger partial charge in [0.2, 0.25) is 11.0 Å². The number of hydrogen-bond acceptors (Lipinski definition) is 5. The van der Waals surface area contributed by atoms with Gasteiger partial charge in [-0.3, -0.25) is 14.9 Å². The Balaban J connectivity index is 1.34. The largest absolute Gasteiger partial charge is 0.416 e. The van der Waals surface area contributed by atoms with Crippen molar-refractivity contribution in [1.82, 2.24) is 10.2 Å². The molecule has 0 spiro atoms. The van der Waals surface area contributed by atoms with Gasteiger partial charge in [-0.05, 0) is 72.6 Å². The normalized spacial score (nSPS) is 11.4. The van der Waals surface area contributed by atoms with E-state index in [-0.39, 0.29) is 5.91 Å². The molecule has 6 nitrogen and oxygen atoms in total. The highest BCUT2D eigenvalue weighted by Crippen LogP contribution is 2.32. The van der Waals surface area contributed by atoms with Gasteiger partial charge < -0.3 is 4.90 Å². The maximum atomic E-state index is 13.1. The fourth-order valence-electron chi connectivity index (χ4n) is 5.34. The average Bonchev–Trinajstić information content (AvgIpc) is 3.49. The number of alkyl halides is 3. The molecule has 0 bridgehead atoms. The molecule has 0 unspecified atom stereocenters. The second-order valence-corrected chi connectivity index (χ2v) is 11.9. The van der Waals surface area contributed by atoms with Crippen molar-refractivity contribution in [3.8, 4) is 11.1 Å². The number of carbonyl (C=O) groups excluding carboxylic acids is 2. The predicted molar refractivity (Wildman–Crippen MR) is 175 cm³/mol. The molecule has 0 atom stereocenters. The van der Waals surface area contributed by atoms with Gasteiger partial charge in [0.25, 0.3) is 5.91 Å². The highest BCUT2D eigenvalue weighted by atomic mass is 32.1. The summed E-state index contributed by atoms with van der Waals surface area (Å²) in [5.41, 5.74) is 4.08. The van der Waals surface area contributed by atoms with Crippen molar-refractivity contribution < 1.29 is 22.8 Å². The third-order valence-corrected chi connectivity index (χ3v) is 8.55. The van der Waals surface area contributed by atoms with Crippen molar-refractivity contribution in [2.24, 2.45) is 0 Å². The Kier molecular flexibility index (Phi) is 11.9. The summed E-state index contributed by atoms with van der Waals surface area (Å²) in [6, 6.07) is 17.8. The van der Waals surface area contributed by atoms with Crippen molar-refractivity contribution in [2.45, 2.75) is 78.3 Å². The van der Waals surface area contributed by atoms with Gasteiger partial charge in [0.05, 0.1) is 5.56 Å². The highest BCUT2D eigenvalue weighted by molar-refractivity contribution is 7.15. The second-order valence-electron chi connectivity index (χ2n) is 10.8. The summed E-state index contributed by atoms with van der Waals surface area (Å²) in [4.78, 5) is 28.3. The molecule has 45 heavy (non-hydrogen) atoms. The van der Waals surface area contributed by atoms with Gasteiger partial charge in [0.1, 0.15) is 5.01 Å². The van der Waals surface area contributed by atoms with Crippen molar-refractivity contribution in [2.75, 3.05) is 16.8 Å². The van der Waals surface area contributed by atoms with E-state index in [1.807, 2.05) is 11.8 Å². The minimum atomic E-state index is -4.43. The summed E-state index contributed by atoms with van der Waals surface area (Å²) < 4.78 is 39.0. The van der Waals surface area contributed by atoms with Crippen molar-refractivity contribution in [3.05, 3.63) is 94.0 Å². The first-order valence-electron chi connectivity index (χ1n) is 15.5. The Morgan fingerprint density at radius 2 is 1.53 bits per heavy atom. The first kappa shape index (κ1) is 33.8. The van der Waals surface area contributed by atoms with Gasteiger partial charge in [-0.2, -0.15) is 13.2 Å². The van der Waals surface area contributed by atoms with Crippen molar-refractivity contribution in [3.63, 3.8) is 0 Å². The Labute approximate surface area is 266 Å². The Bertz CT molecular complexity index is 1560. The van der Waals surface area contributed by atoms with Crippen molar-refractivity contribution >= 4 is 34.0 Å². The van der Waals surface area contributed by atoms with Crippen LogP contribution in [0.15, 0.2) is 66.7 Å². The maximum Gasteiger partial charge on any atom is 0.416 e. The molecule has 0 radical (unpaired) electrons. The maximum absolute atomic E-state index is 13.1. The zero-order valence-electron chi connectivity index (χ0n) is 25.9. The van der Waals surface area contributed by atoms with Crippen LogP contribution in [0.25, 0.3) is 11.1 Å². The molecule has 10 heteroatoms. The van der Waals surface area contributed by atoms with Crippen LogP contribution in [0.3, 0.4) is 0 Å². The number of benzene rings is 3. The van der Waals surface area contributed by atoms with Crippen LogP contribution in [-0.4, -0.2) is 28.6 Å². The van der Waals surface area contributed by atoms with Gasteiger partial charge in [0.15, 0.2) is 0 Å². The summed E-state index contributed by atoms with van der Waals surface area (Å²) >= 11 is 1.30. The molecule has 0 fully saturated rings. The van der Waals surface area contributed by atoms with Gasteiger partial charge in [-0.15, -0.1) is 10.2 Å². The van der Waals surface area contributed by atoms with Gasteiger partial charge in [-0.1, -0.05) is 87.1 Å². The van der Waals surface area contributed by atoms with E-state index in [9.17, 15) is 22.8 Å². The number of carbonyl (C=O) groups is 2. The lowest BCUT2D eigenvalue weighted by Crippen LogP contribution is -2.33. The fourth-order valence-corrected chi connectivity index (χ4v) is 6.11. The van der Waals surface area contributed by atoms with Gasteiger partial charge >= 0.3 is 6.18 Å². The zero-order valence-corrected chi connectivity index (χ0v) is 26.7. The number of halogens is 3. The molecule has 238 valence electrons. The van der Waals surface area contributed by atoms with Gasteiger partial charge in [0, 0.05) is 30.6 Å². The van der Waals surface area contributed by atoms with Crippen LogP contribution in [0, 0.1) is 0 Å². The number of anilines is 2. The molecule has 0 aliphatic carbocycles. The standard InChI is InChI=1S/C35H39F3N4O2S/c1-4-13-31(43)42(32-24(5-2)14-12-15-25(32)6-3)23-11-7-8-18-30-40-41-34(45-30)39-33(44)29-17-10-9-16-28(29)26-19-21-27(22-20-26)35(36,37)38/h9-10,12,14-17,19-22H,4-8,11,13,18,23H2,1-3H3,(H,39,41,44). The van der Waals surface area contributed by atoms with Crippen LogP contribution in [-0.2, 0) is 30.2 Å². The number of aromatic nitrogens is 2. The third kappa shape index (κ3) is 8.78. The molecule has 0 saturated carbocycles. The number of para-hydroxylation sites is 1. The number of hydrogen-bond donors (Lipinski definition) is 1. The zero-order chi connectivity index (χ0) is 32.4. The van der Waals surface area contributed by atoms with Crippen molar-refractivity contribution in [1.29, 1.82) is 0 Å². The molecule has 1 aromatic heterocycles. The molecule has 0 aliphatic rings. The minimum Gasteiger partial charge on any atom is -0.312 e. The predicted octanol–water partition coefficient (Wildman–Crippen LogP) is 9.15. The molecule has 2 amide bonds. The third-order valence-electron chi connectivity index (χ3n) is 7.65. The summed E-state index contributed by atoms with van der Waals surface area (Å²) in [6.07, 6.45) is 1.98. The van der Waals surface area contributed by atoms with Crippen LogP contribution in [0.4, 0.5) is 24.0 Å². The molecular formula is C35H39F3N4O2S. The molecule has 3 aromatic carbocycles. The van der Waals surface area contributed by atoms with Crippen LogP contribution in [0.1, 0.15) is 84.9 Å². The first-order valence-corrected chi connectivity index (χ1v) is 16.3. The van der Waals surface area contributed by atoms with E-state index in [0.717, 1.165) is 61.4 Å². The molecule has 1 heterocycles. The monoisotopic (exact) mass is 636 g/mol. The number of rotatable bonds is 14. The second kappa shape index (κ2) is 15.8. The Morgan fingerprint density at radius 3 is 2.18 bits per heavy atom. The quantitative estimate of drug-likeness (QED) is 0.140. The van der Waals surface area contributed by atoms with Crippen LogP contribution < -0.4 is 10.2 Å². The molecule has 0 aliphatic heterocycles. The highest BCUT2D eigenvalue weighted by Gasteiger charge is 2.30. The van der Waals surface area contributed by atoms with Gasteiger partial charge in [-0.25, -0.2) is 0 Å². The van der Waals surface area contributed by atoms with Crippen LogP contribution in [0.2, 0.25) is 0 Å². The summed E-state index contributed by atoms with van der Waals surface area (Å²) in [5.74, 6) is -0.249. The van der Waals surface area contributed by atoms with E-state index in [1.165, 1.54) is 34.6 Å². The lowest BCUT2D eigenvalue weighted by atomic mass is 9.98. The topological polar surface area (TPSA) is 75.2 Å². The van der Waals surface area contributed by atoms with E-state index in [2.05, 4.69) is 47.6 Å². The Hall–Kier alpha value is -4.05. The average molecular weight is 637 g/mol. The molecular weight excluding hydrogens is 597 g/mol. The SMILES string of the molecule is CCCC(=O)N(CCCCCc1nnc(NC(=O)c2ccccc2-c2ccc(C(F)(F)F)cc2)s1)c1c(CC)cccc1CC. The van der Waals surface area contributed by atoms with E-state index in [4.69, 9.17) is 0 Å². The lowest BCUT2D eigenvalue weighted by Gasteiger charge is -2.28. The molecule has 4 aromatic rings. The number of nitrogens with zero attached hydrogens (tertiary/aromatic N) is 3. The number of amides is 2.